The molecule has 4 nitrogen and oxygen atoms in total. The fraction of sp³-hybridized carbons (Fsp3) is 0.167. The molecule has 0 radical (unpaired) electrons. The van der Waals surface area contributed by atoms with Gasteiger partial charge in [-0.15, -0.1) is 16.4 Å². The maximum absolute atomic E-state index is 11.3. The van der Waals surface area contributed by atoms with E-state index in [2.05, 4.69) is 10.3 Å². The molecule has 0 aliphatic rings. The Hall–Kier alpha value is -1.23. The van der Waals surface area contributed by atoms with Crippen molar-refractivity contribution in [3.63, 3.8) is 0 Å². The lowest BCUT2D eigenvalue weighted by Gasteiger charge is -1.90. The average molecular weight is 167 g/mol. The van der Waals surface area contributed by atoms with E-state index in [-0.39, 0.29) is 5.56 Å². The summed E-state index contributed by atoms with van der Waals surface area (Å²) in [7, 11) is 1.59. The normalized spacial score (nSPS) is 10.6. The highest BCUT2D eigenvalue weighted by molar-refractivity contribution is 7.17. The van der Waals surface area contributed by atoms with Gasteiger partial charge in [0, 0.05) is 7.05 Å². The lowest BCUT2D eigenvalue weighted by Crippen LogP contribution is -2.19. The van der Waals surface area contributed by atoms with E-state index in [0.29, 0.717) is 10.2 Å². The molecule has 0 aromatic carbocycles. The minimum Gasteiger partial charge on any atom is -0.266 e. The molecule has 2 rings (SSSR count). The lowest BCUT2D eigenvalue weighted by molar-refractivity contribution is 0.658. The summed E-state index contributed by atoms with van der Waals surface area (Å²) in [5.74, 6) is 0. The zero-order valence-electron chi connectivity index (χ0n) is 5.81. The molecule has 11 heavy (non-hydrogen) atoms. The summed E-state index contributed by atoms with van der Waals surface area (Å²) in [4.78, 5) is 11.3. The molecule has 0 aliphatic carbocycles. The maximum Gasteiger partial charge on any atom is 0.287 e. The quantitative estimate of drug-likeness (QED) is 0.570. The van der Waals surface area contributed by atoms with Gasteiger partial charge >= 0.3 is 0 Å². The number of aryl methyl sites for hydroxylation is 1. The van der Waals surface area contributed by atoms with E-state index in [4.69, 9.17) is 0 Å². The van der Waals surface area contributed by atoms with E-state index in [1.807, 2.05) is 5.38 Å². The van der Waals surface area contributed by atoms with Crippen LogP contribution < -0.4 is 5.56 Å². The molecule has 2 aromatic heterocycles. The molecule has 0 N–H and O–H groups in total. The van der Waals surface area contributed by atoms with Crippen molar-refractivity contribution in [2.75, 3.05) is 0 Å². The number of hydrogen-bond donors (Lipinski definition) is 0. The first-order valence-electron chi connectivity index (χ1n) is 3.06. The SMILES string of the molecule is Cn1nnc2ccsc2c1=O. The minimum atomic E-state index is -0.0787. The second kappa shape index (κ2) is 2.13. The summed E-state index contributed by atoms with van der Waals surface area (Å²) in [5, 5.41) is 9.30. The molecule has 56 valence electrons. The van der Waals surface area contributed by atoms with Crippen LogP contribution in [-0.4, -0.2) is 15.0 Å². The molecule has 0 saturated carbocycles. The zero-order valence-corrected chi connectivity index (χ0v) is 6.63. The van der Waals surface area contributed by atoms with Gasteiger partial charge in [-0.25, -0.2) is 4.68 Å². The zero-order chi connectivity index (χ0) is 7.84. The van der Waals surface area contributed by atoms with Gasteiger partial charge in [-0.1, -0.05) is 5.21 Å². The number of nitrogens with zero attached hydrogens (tertiary/aromatic N) is 3. The monoisotopic (exact) mass is 167 g/mol. The molecule has 0 spiro atoms. The van der Waals surface area contributed by atoms with Crippen molar-refractivity contribution in [3.8, 4) is 0 Å². The van der Waals surface area contributed by atoms with Gasteiger partial charge in [-0.2, -0.15) is 0 Å². The van der Waals surface area contributed by atoms with Gasteiger partial charge in [0.05, 0.1) is 0 Å². The molecule has 0 aliphatic heterocycles. The van der Waals surface area contributed by atoms with E-state index in [1.54, 1.807) is 13.1 Å². The second-order valence-corrected chi connectivity index (χ2v) is 3.07. The molecule has 0 unspecified atom stereocenters. The van der Waals surface area contributed by atoms with Gasteiger partial charge in [0.2, 0.25) is 0 Å². The molecule has 5 heteroatoms. The second-order valence-electron chi connectivity index (χ2n) is 2.15. The third-order valence-electron chi connectivity index (χ3n) is 1.42. The smallest absolute Gasteiger partial charge is 0.266 e. The van der Waals surface area contributed by atoms with Gasteiger partial charge in [0.25, 0.3) is 5.56 Å². The number of rotatable bonds is 0. The first-order valence-corrected chi connectivity index (χ1v) is 3.94. The third kappa shape index (κ3) is 0.848. The third-order valence-corrected chi connectivity index (χ3v) is 2.31. The van der Waals surface area contributed by atoms with Crippen molar-refractivity contribution in [2.24, 2.45) is 7.05 Å². The van der Waals surface area contributed by atoms with Gasteiger partial charge in [0.15, 0.2) is 0 Å². The van der Waals surface area contributed by atoms with E-state index < -0.39 is 0 Å². The number of hydrogen-bond acceptors (Lipinski definition) is 4. The minimum absolute atomic E-state index is 0.0787. The number of fused-ring (bicyclic) bond motifs is 1. The standard InChI is InChI=1S/C6H5N3OS/c1-9-6(10)5-4(7-8-9)2-3-11-5/h2-3H,1H3. The number of aromatic nitrogens is 3. The molecule has 0 fully saturated rings. The van der Waals surface area contributed by atoms with Crippen molar-refractivity contribution in [1.29, 1.82) is 0 Å². The Bertz CT molecular complexity index is 444. The van der Waals surface area contributed by atoms with Gasteiger partial charge in [-0.3, -0.25) is 4.79 Å². The molecular weight excluding hydrogens is 162 g/mol. The van der Waals surface area contributed by atoms with Crippen molar-refractivity contribution in [1.82, 2.24) is 15.0 Å². The van der Waals surface area contributed by atoms with Crippen LogP contribution in [0, 0.1) is 0 Å². The molecule has 0 saturated heterocycles. The first kappa shape index (κ1) is 6.48. The maximum atomic E-state index is 11.3. The predicted molar refractivity (Wildman–Crippen MR) is 42.7 cm³/mol. The van der Waals surface area contributed by atoms with Crippen LogP contribution in [0.2, 0.25) is 0 Å². The summed E-state index contributed by atoms with van der Waals surface area (Å²) < 4.78 is 1.90. The Kier molecular flexibility index (Phi) is 1.25. The fourth-order valence-corrected chi connectivity index (χ4v) is 1.64. The van der Waals surface area contributed by atoms with Crippen molar-refractivity contribution < 1.29 is 0 Å². The highest BCUT2D eigenvalue weighted by Crippen LogP contribution is 2.11. The Labute approximate surface area is 66.1 Å². The fourth-order valence-electron chi connectivity index (χ4n) is 0.844. The van der Waals surface area contributed by atoms with Crippen molar-refractivity contribution in [3.05, 3.63) is 21.8 Å². The predicted octanol–water partition coefficient (Wildman–Crippen LogP) is 0.390. The van der Waals surface area contributed by atoms with Gasteiger partial charge in [-0.05, 0) is 11.4 Å². The average Bonchev–Trinajstić information content (AvgIpc) is 2.45. The van der Waals surface area contributed by atoms with Crippen molar-refractivity contribution in [2.45, 2.75) is 0 Å². The Morgan fingerprint density at radius 3 is 3.27 bits per heavy atom. The van der Waals surface area contributed by atoms with Crippen LogP contribution in [0.3, 0.4) is 0 Å². The highest BCUT2D eigenvalue weighted by Gasteiger charge is 2.01. The molecule has 2 aromatic rings. The Morgan fingerprint density at radius 1 is 1.64 bits per heavy atom. The Balaban J connectivity index is 3.05. The van der Waals surface area contributed by atoms with Gasteiger partial charge < -0.3 is 0 Å². The van der Waals surface area contributed by atoms with E-state index in [0.717, 1.165) is 0 Å². The van der Waals surface area contributed by atoms with Crippen LogP contribution in [-0.2, 0) is 7.05 Å². The topological polar surface area (TPSA) is 47.8 Å². The first-order chi connectivity index (χ1) is 5.29. The van der Waals surface area contributed by atoms with Crippen molar-refractivity contribution >= 4 is 21.6 Å². The van der Waals surface area contributed by atoms with Crippen LogP contribution in [0.4, 0.5) is 0 Å². The van der Waals surface area contributed by atoms with E-state index in [9.17, 15) is 4.79 Å². The highest BCUT2D eigenvalue weighted by atomic mass is 32.1. The lowest BCUT2D eigenvalue weighted by atomic mass is 10.5. The summed E-state index contributed by atoms with van der Waals surface area (Å²) >= 11 is 1.39. The molecule has 2 heterocycles. The largest absolute Gasteiger partial charge is 0.287 e. The van der Waals surface area contributed by atoms with Crippen LogP contribution in [0.25, 0.3) is 10.2 Å². The summed E-state index contributed by atoms with van der Waals surface area (Å²) in [6, 6.07) is 1.79. The van der Waals surface area contributed by atoms with Gasteiger partial charge in [0.1, 0.15) is 10.2 Å². The molecule has 0 atom stereocenters. The molecule has 0 amide bonds. The summed E-state index contributed by atoms with van der Waals surface area (Å²) in [5.41, 5.74) is 0.600. The van der Waals surface area contributed by atoms with Crippen LogP contribution >= 0.6 is 11.3 Å². The van der Waals surface area contributed by atoms with Crippen LogP contribution in [0.15, 0.2) is 16.2 Å². The summed E-state index contributed by atoms with van der Waals surface area (Å²) in [6.45, 7) is 0. The molecular formula is C6H5N3OS. The van der Waals surface area contributed by atoms with E-state index in [1.165, 1.54) is 16.0 Å². The van der Waals surface area contributed by atoms with E-state index >= 15 is 0 Å². The van der Waals surface area contributed by atoms with Crippen LogP contribution in [0.5, 0.6) is 0 Å². The Morgan fingerprint density at radius 2 is 2.45 bits per heavy atom. The molecule has 0 bridgehead atoms. The number of thiophene rings is 1. The van der Waals surface area contributed by atoms with Crippen LogP contribution in [0.1, 0.15) is 0 Å². The summed E-state index contributed by atoms with van der Waals surface area (Å²) in [6.07, 6.45) is 0.